The fourth-order valence-corrected chi connectivity index (χ4v) is 4.20. The molecule has 0 spiro atoms. The first-order chi connectivity index (χ1) is 10.9. The molecule has 5 nitrogen and oxygen atoms in total. The van der Waals surface area contributed by atoms with Crippen LogP contribution in [0.5, 0.6) is 0 Å². The topological polar surface area (TPSA) is 80.7 Å². The van der Waals surface area contributed by atoms with Crippen LogP contribution in [0.1, 0.15) is 50.5 Å². The first-order valence-corrected chi connectivity index (χ1v) is 9.72. The van der Waals surface area contributed by atoms with Crippen LogP contribution in [0, 0.1) is 5.92 Å². The van der Waals surface area contributed by atoms with Crippen molar-refractivity contribution in [2.24, 2.45) is 5.92 Å². The van der Waals surface area contributed by atoms with Gasteiger partial charge in [-0.15, -0.1) is 0 Å². The summed E-state index contributed by atoms with van der Waals surface area (Å²) in [5, 5.41) is 9.49. The standard InChI is InChI=1S/C17H24O5S/c1-2-22-12-23(20,21)15-9-7-14(8-10-15)16(17(18)19)11-13-5-3-4-6-13/h7-10,13,16H,2-6,11-12H2,1H3,(H,18,19). The van der Waals surface area contributed by atoms with Gasteiger partial charge < -0.3 is 9.84 Å². The van der Waals surface area contributed by atoms with Crippen molar-refractivity contribution in [2.75, 3.05) is 12.5 Å². The van der Waals surface area contributed by atoms with Gasteiger partial charge in [0.05, 0.1) is 10.8 Å². The molecule has 0 amide bonds. The van der Waals surface area contributed by atoms with E-state index in [2.05, 4.69) is 0 Å². The van der Waals surface area contributed by atoms with Gasteiger partial charge in [0, 0.05) is 6.61 Å². The number of carboxylic acids is 1. The molecule has 1 aliphatic carbocycles. The van der Waals surface area contributed by atoms with Gasteiger partial charge in [-0.2, -0.15) is 0 Å². The largest absolute Gasteiger partial charge is 0.481 e. The fraction of sp³-hybridized carbons (Fsp3) is 0.588. The van der Waals surface area contributed by atoms with Crippen molar-refractivity contribution < 1.29 is 23.1 Å². The second-order valence-corrected chi connectivity index (χ2v) is 8.01. The molecule has 1 aliphatic rings. The zero-order valence-electron chi connectivity index (χ0n) is 13.4. The van der Waals surface area contributed by atoms with Crippen LogP contribution in [0.15, 0.2) is 29.2 Å². The van der Waals surface area contributed by atoms with E-state index in [9.17, 15) is 18.3 Å². The van der Waals surface area contributed by atoms with Gasteiger partial charge in [0.2, 0.25) is 9.84 Å². The lowest BCUT2D eigenvalue weighted by atomic mass is 9.88. The van der Waals surface area contributed by atoms with Gasteiger partial charge in [-0.05, 0) is 37.0 Å². The van der Waals surface area contributed by atoms with Gasteiger partial charge in [-0.3, -0.25) is 4.79 Å². The molecule has 1 atom stereocenters. The molecular weight excluding hydrogens is 316 g/mol. The van der Waals surface area contributed by atoms with Crippen LogP contribution in [0.2, 0.25) is 0 Å². The van der Waals surface area contributed by atoms with E-state index in [0.29, 0.717) is 24.5 Å². The van der Waals surface area contributed by atoms with E-state index >= 15 is 0 Å². The lowest BCUT2D eigenvalue weighted by molar-refractivity contribution is -0.139. The van der Waals surface area contributed by atoms with Crippen molar-refractivity contribution in [3.05, 3.63) is 29.8 Å². The molecule has 1 unspecified atom stereocenters. The lowest BCUT2D eigenvalue weighted by Gasteiger charge is -2.17. The highest BCUT2D eigenvalue weighted by Gasteiger charge is 2.26. The Labute approximate surface area is 137 Å². The zero-order chi connectivity index (χ0) is 16.9. The van der Waals surface area contributed by atoms with E-state index in [0.717, 1.165) is 12.8 Å². The number of hydrogen-bond donors (Lipinski definition) is 1. The Bertz CT molecular complexity index is 615. The molecule has 1 saturated carbocycles. The third kappa shape index (κ3) is 4.78. The van der Waals surface area contributed by atoms with Gasteiger partial charge in [0.25, 0.3) is 0 Å². The van der Waals surface area contributed by atoms with Crippen LogP contribution in [0.25, 0.3) is 0 Å². The van der Waals surface area contributed by atoms with Crippen molar-refractivity contribution >= 4 is 15.8 Å². The minimum Gasteiger partial charge on any atom is -0.481 e. The molecule has 1 aromatic carbocycles. The van der Waals surface area contributed by atoms with Crippen molar-refractivity contribution in [1.29, 1.82) is 0 Å². The minimum absolute atomic E-state index is 0.166. The van der Waals surface area contributed by atoms with Gasteiger partial charge in [0.15, 0.2) is 5.94 Å². The van der Waals surface area contributed by atoms with Crippen molar-refractivity contribution in [2.45, 2.75) is 49.8 Å². The number of benzene rings is 1. The SMILES string of the molecule is CCOCS(=O)(=O)c1ccc(C(CC2CCCC2)C(=O)O)cc1. The molecule has 0 heterocycles. The highest BCUT2D eigenvalue weighted by molar-refractivity contribution is 7.91. The molecule has 23 heavy (non-hydrogen) atoms. The Morgan fingerprint density at radius 1 is 1.26 bits per heavy atom. The number of rotatable bonds is 8. The summed E-state index contributed by atoms with van der Waals surface area (Å²) in [5.74, 6) is -1.31. The van der Waals surface area contributed by atoms with E-state index in [1.54, 1.807) is 19.1 Å². The second-order valence-electron chi connectivity index (χ2n) is 6.07. The number of sulfone groups is 1. The van der Waals surface area contributed by atoms with E-state index in [-0.39, 0.29) is 10.8 Å². The minimum atomic E-state index is -3.48. The number of hydrogen-bond acceptors (Lipinski definition) is 4. The molecule has 1 N–H and O–H groups in total. The summed E-state index contributed by atoms with van der Waals surface area (Å²) in [4.78, 5) is 11.7. The molecule has 0 aliphatic heterocycles. The number of carboxylic acid groups (broad SMARTS) is 1. The first-order valence-electron chi connectivity index (χ1n) is 8.07. The molecule has 2 rings (SSSR count). The van der Waals surface area contributed by atoms with Crippen molar-refractivity contribution in [3.8, 4) is 0 Å². The summed E-state index contributed by atoms with van der Waals surface area (Å²) in [6.45, 7) is 2.07. The van der Waals surface area contributed by atoms with Crippen LogP contribution in [0.4, 0.5) is 0 Å². The maximum atomic E-state index is 12.0. The predicted octanol–water partition coefficient (Wildman–Crippen LogP) is 3.20. The third-order valence-electron chi connectivity index (χ3n) is 4.43. The van der Waals surface area contributed by atoms with Crippen LogP contribution < -0.4 is 0 Å². The number of ether oxygens (including phenoxy) is 1. The highest BCUT2D eigenvalue weighted by atomic mass is 32.2. The van der Waals surface area contributed by atoms with E-state index in [4.69, 9.17) is 4.74 Å². The molecule has 6 heteroatoms. The maximum absolute atomic E-state index is 12.0. The Hall–Kier alpha value is -1.40. The summed E-state index contributed by atoms with van der Waals surface area (Å²) in [6.07, 6.45) is 5.15. The van der Waals surface area contributed by atoms with Crippen LogP contribution in [0.3, 0.4) is 0 Å². The Morgan fingerprint density at radius 3 is 2.39 bits per heavy atom. The normalized spacial score (nSPS) is 17.3. The first kappa shape index (κ1) is 17.9. The summed E-state index contributed by atoms with van der Waals surface area (Å²) in [7, 11) is -3.48. The summed E-state index contributed by atoms with van der Waals surface area (Å²) >= 11 is 0. The van der Waals surface area contributed by atoms with Gasteiger partial charge >= 0.3 is 5.97 Å². The van der Waals surface area contributed by atoms with Crippen LogP contribution in [-0.4, -0.2) is 32.0 Å². The maximum Gasteiger partial charge on any atom is 0.310 e. The third-order valence-corrected chi connectivity index (χ3v) is 5.89. The molecule has 1 aromatic rings. The molecule has 0 saturated heterocycles. The highest BCUT2D eigenvalue weighted by Crippen LogP contribution is 2.34. The van der Waals surface area contributed by atoms with Gasteiger partial charge in [-0.1, -0.05) is 37.8 Å². The summed E-state index contributed by atoms with van der Waals surface area (Å²) < 4.78 is 29.1. The van der Waals surface area contributed by atoms with Crippen molar-refractivity contribution in [3.63, 3.8) is 0 Å². The summed E-state index contributed by atoms with van der Waals surface area (Å²) in [5.41, 5.74) is 0.666. The number of aliphatic carboxylic acids is 1. The monoisotopic (exact) mass is 340 g/mol. The van der Waals surface area contributed by atoms with E-state index in [1.807, 2.05) is 0 Å². The predicted molar refractivity (Wildman–Crippen MR) is 87.1 cm³/mol. The molecule has 0 bridgehead atoms. The molecule has 1 fully saturated rings. The average molecular weight is 340 g/mol. The Morgan fingerprint density at radius 2 is 1.87 bits per heavy atom. The molecule has 0 aromatic heterocycles. The Balaban J connectivity index is 2.13. The smallest absolute Gasteiger partial charge is 0.310 e. The van der Waals surface area contributed by atoms with E-state index in [1.165, 1.54) is 25.0 Å². The zero-order valence-corrected chi connectivity index (χ0v) is 14.2. The molecule has 0 radical (unpaired) electrons. The van der Waals surface area contributed by atoms with Gasteiger partial charge in [0.1, 0.15) is 0 Å². The average Bonchev–Trinajstić information content (AvgIpc) is 3.04. The quantitative estimate of drug-likeness (QED) is 0.786. The van der Waals surface area contributed by atoms with E-state index < -0.39 is 21.7 Å². The van der Waals surface area contributed by atoms with Crippen LogP contribution >= 0.6 is 0 Å². The lowest BCUT2D eigenvalue weighted by Crippen LogP contribution is -2.15. The fourth-order valence-electron chi connectivity index (χ4n) is 3.13. The van der Waals surface area contributed by atoms with Crippen molar-refractivity contribution in [1.82, 2.24) is 0 Å². The second kappa shape index (κ2) is 7.93. The van der Waals surface area contributed by atoms with Crippen LogP contribution in [-0.2, 0) is 19.4 Å². The molecule has 128 valence electrons. The van der Waals surface area contributed by atoms with Gasteiger partial charge in [-0.25, -0.2) is 8.42 Å². The Kier molecular flexibility index (Phi) is 6.18. The number of carbonyl (C=O) groups is 1. The molecular formula is C17H24O5S. The summed E-state index contributed by atoms with van der Waals surface area (Å²) in [6, 6.07) is 6.20.